The molecule has 4 heteroatoms. The molecule has 0 heterocycles. The van der Waals surface area contributed by atoms with E-state index in [-0.39, 0.29) is 42.0 Å². The second-order valence-corrected chi connectivity index (χ2v) is 0. The van der Waals surface area contributed by atoms with Crippen molar-refractivity contribution in [1.82, 2.24) is 0 Å². The Morgan fingerprint density at radius 2 is 1.50 bits per heavy atom. The first-order valence-electron chi connectivity index (χ1n) is 0.183. The molecule has 4 heavy (non-hydrogen) atoms. The van der Waals surface area contributed by atoms with Crippen LogP contribution in [0.15, 0.2) is 0 Å². The molecular weight excluding hydrogens is 138 g/mol. The smallest absolute Gasteiger partial charge is 0 e. The second kappa shape index (κ2) is 19.4. The second-order valence-electron chi connectivity index (χ2n) is 0. The third-order valence-corrected chi connectivity index (χ3v) is 0. The van der Waals surface area contributed by atoms with Gasteiger partial charge in [-0.15, -0.1) is 0 Å². The molecule has 0 unspecified atom stereocenters. The Bertz CT molecular complexity index is 11.6. The van der Waals surface area contributed by atoms with Gasteiger partial charge in [0, 0.05) is 21.7 Å². The van der Waals surface area contributed by atoms with Gasteiger partial charge in [0.1, 0.15) is 0 Å². The normalized spacial score (nSPS) is 0.750. The van der Waals surface area contributed by atoms with Crippen molar-refractivity contribution < 1.29 is 57.7 Å². The van der Waals surface area contributed by atoms with Crippen molar-refractivity contribution >= 4 is 10.3 Å². The first-order valence-corrected chi connectivity index (χ1v) is 2.26. The molecular formula is HLiSTiV. The van der Waals surface area contributed by atoms with Crippen LogP contribution in [0.25, 0.3) is 0 Å². The minimum atomic E-state index is 0. The molecule has 0 atom stereocenters. The Balaban J connectivity index is -0.00000000167. The van der Waals surface area contributed by atoms with E-state index in [2.05, 4.69) is 10.3 Å². The summed E-state index contributed by atoms with van der Waals surface area (Å²) in [6.07, 6.45) is 0. The minimum Gasteiger partial charge on any atom is 0 e. The standard InChI is InChI=1S/Li.S.Ti.V.H/q+1;;;;-1. The molecule has 0 nitrogen and oxygen atoms in total. The fraction of sp³-hybridized carbons (Fsp3) is 0. The quantitative estimate of drug-likeness (QED) is 0.342. The first kappa shape index (κ1) is 16.5. The van der Waals surface area contributed by atoms with Crippen molar-refractivity contribution in [3.05, 3.63) is 0 Å². The summed E-state index contributed by atoms with van der Waals surface area (Å²) >= 11 is 1.90. The Kier molecular flexibility index (Phi) is 79.8. The average Bonchev–Trinajstić information content (AvgIpc) is 1.00. The molecule has 0 amide bonds. The minimum absolute atomic E-state index is 0. The van der Waals surface area contributed by atoms with Crippen LogP contribution >= 0.6 is 10.3 Å². The van der Waals surface area contributed by atoms with Gasteiger partial charge < -0.3 is 1.43 Å². The fourth-order valence-electron chi connectivity index (χ4n) is 0. The maximum absolute atomic E-state index is 4.02. The van der Waals surface area contributed by atoms with Gasteiger partial charge in [-0.1, -0.05) is 0 Å². The zero-order valence-electron chi connectivity index (χ0n) is 3.36. The zero-order chi connectivity index (χ0) is 2.00. The Morgan fingerprint density at radius 1 is 1.50 bits per heavy atom. The van der Waals surface area contributed by atoms with E-state index in [0.717, 1.165) is 0 Å². The number of rotatable bonds is 0. The predicted octanol–water partition coefficient (Wildman–Crippen LogP) is -2.24. The van der Waals surface area contributed by atoms with Crippen LogP contribution in [-0.4, -0.2) is 0 Å². The summed E-state index contributed by atoms with van der Waals surface area (Å²) in [5.41, 5.74) is 0. The summed E-state index contributed by atoms with van der Waals surface area (Å²) in [7, 11) is 4.02. The van der Waals surface area contributed by atoms with Gasteiger partial charge in [0.15, 0.2) is 0 Å². The molecule has 0 bridgehead atoms. The SMILES string of the molecule is [H-].[Li+].[S]=[V].[Ti]. The molecule has 0 fully saturated rings. The van der Waals surface area contributed by atoms with Crippen LogP contribution in [0.5, 0.6) is 0 Å². The summed E-state index contributed by atoms with van der Waals surface area (Å²) in [6.45, 7) is 0. The van der Waals surface area contributed by atoms with Gasteiger partial charge in [-0.2, -0.15) is 0 Å². The van der Waals surface area contributed by atoms with E-state index in [1.165, 1.54) is 0 Å². The van der Waals surface area contributed by atoms with Gasteiger partial charge in [0.2, 0.25) is 0 Å². The van der Waals surface area contributed by atoms with E-state index >= 15 is 0 Å². The third kappa shape index (κ3) is 8.93. The Morgan fingerprint density at radius 3 is 1.50 bits per heavy atom. The van der Waals surface area contributed by atoms with Crippen LogP contribution < -0.4 is 18.9 Å². The van der Waals surface area contributed by atoms with E-state index < -0.39 is 0 Å². The van der Waals surface area contributed by atoms with E-state index in [9.17, 15) is 0 Å². The summed E-state index contributed by atoms with van der Waals surface area (Å²) < 4.78 is 0. The Hall–Kier alpha value is 2.12. The van der Waals surface area contributed by atoms with Crippen molar-refractivity contribution in [2.45, 2.75) is 0 Å². The van der Waals surface area contributed by atoms with Crippen LogP contribution in [-0.2, 0) is 37.4 Å². The van der Waals surface area contributed by atoms with Gasteiger partial charge in [-0.25, -0.2) is 0 Å². The van der Waals surface area contributed by atoms with E-state index in [1.54, 1.807) is 0 Å². The topological polar surface area (TPSA) is 0 Å². The number of hydrogen-bond donors (Lipinski definition) is 0. The van der Waals surface area contributed by atoms with Crippen molar-refractivity contribution in [2.24, 2.45) is 0 Å². The summed E-state index contributed by atoms with van der Waals surface area (Å²) in [4.78, 5) is 0. The summed E-state index contributed by atoms with van der Waals surface area (Å²) in [5.74, 6) is 0. The summed E-state index contributed by atoms with van der Waals surface area (Å²) in [5, 5.41) is 0. The van der Waals surface area contributed by atoms with Gasteiger partial charge >= 0.3 is 44.9 Å². The zero-order valence-corrected chi connectivity index (χ0v) is 6.13. The van der Waals surface area contributed by atoms with Gasteiger partial charge in [0.05, 0.1) is 0 Å². The maximum atomic E-state index is 4.02. The van der Waals surface area contributed by atoms with E-state index in [4.69, 9.17) is 0 Å². The monoisotopic (exact) mass is 139 g/mol. The van der Waals surface area contributed by atoms with Gasteiger partial charge in [0.25, 0.3) is 0 Å². The molecule has 0 aliphatic heterocycles. The molecule has 0 aliphatic rings. The van der Waals surface area contributed by atoms with Crippen LogP contribution in [0.3, 0.4) is 0 Å². The number of hydrogen-bond acceptors (Lipinski definition) is 1. The van der Waals surface area contributed by atoms with Crippen LogP contribution in [0, 0.1) is 0 Å². The molecule has 0 rings (SSSR count). The van der Waals surface area contributed by atoms with E-state index in [1.807, 2.05) is 15.7 Å². The van der Waals surface area contributed by atoms with Crippen molar-refractivity contribution in [3.63, 3.8) is 0 Å². The molecule has 0 aromatic heterocycles. The maximum Gasteiger partial charge on any atom is 0 e. The average molecular weight is 139 g/mol. The van der Waals surface area contributed by atoms with E-state index in [0.29, 0.717) is 0 Å². The molecule has 0 saturated heterocycles. The van der Waals surface area contributed by atoms with Gasteiger partial charge in [-0.3, -0.25) is 0 Å². The molecule has 0 saturated carbocycles. The predicted molar refractivity (Wildman–Crippen MR) is 8.70 cm³/mol. The molecule has 0 aliphatic carbocycles. The third-order valence-electron chi connectivity index (χ3n) is 0. The Labute approximate surface area is 67.3 Å². The van der Waals surface area contributed by atoms with Crippen LogP contribution in [0.1, 0.15) is 1.43 Å². The van der Waals surface area contributed by atoms with Crippen molar-refractivity contribution in [3.8, 4) is 0 Å². The molecule has 17 valence electrons. The molecule has 0 N–H and O–H groups in total. The van der Waals surface area contributed by atoms with Crippen molar-refractivity contribution in [1.29, 1.82) is 0 Å². The first-order chi connectivity index (χ1) is 1.00. The van der Waals surface area contributed by atoms with Gasteiger partial charge in [-0.05, 0) is 0 Å². The van der Waals surface area contributed by atoms with Crippen LogP contribution in [0.4, 0.5) is 0 Å². The molecule has 0 radical (unpaired) electrons. The molecule has 0 spiro atoms. The van der Waals surface area contributed by atoms with Crippen molar-refractivity contribution in [2.75, 3.05) is 0 Å². The largest absolute Gasteiger partial charge is 0 e. The molecule has 0 aromatic carbocycles. The molecule has 0 aromatic rings. The summed E-state index contributed by atoms with van der Waals surface area (Å²) in [6, 6.07) is 0. The van der Waals surface area contributed by atoms with Crippen LogP contribution in [0.2, 0.25) is 0 Å². The fourth-order valence-corrected chi connectivity index (χ4v) is 0.